The maximum Gasteiger partial charge on any atom is 0.573 e. The fourth-order valence-electron chi connectivity index (χ4n) is 2.43. The van der Waals surface area contributed by atoms with Crippen molar-refractivity contribution in [2.45, 2.75) is 19.5 Å². The van der Waals surface area contributed by atoms with E-state index in [1.54, 1.807) is 0 Å². The molecule has 0 aliphatic carbocycles. The van der Waals surface area contributed by atoms with Gasteiger partial charge >= 0.3 is 13.0 Å². The molecule has 1 aliphatic rings. The third kappa shape index (κ3) is 5.53. The second-order valence-electron chi connectivity index (χ2n) is 5.56. The first-order valence-electron chi connectivity index (χ1n) is 8.00. The number of nitrogens with two attached hydrogens (primary N) is 1. The highest BCUT2D eigenvalue weighted by molar-refractivity contribution is 5.93. The van der Waals surface area contributed by atoms with Crippen molar-refractivity contribution in [3.8, 4) is 23.0 Å². The molecule has 29 heavy (non-hydrogen) atoms. The number of nitrogens with zero attached hydrogens (tertiary/aromatic N) is 1. The molecule has 0 spiro atoms. The van der Waals surface area contributed by atoms with Crippen LogP contribution in [0.1, 0.15) is 5.56 Å². The zero-order valence-corrected chi connectivity index (χ0v) is 14.5. The van der Waals surface area contributed by atoms with Gasteiger partial charge in [-0.3, -0.25) is 0 Å². The van der Waals surface area contributed by atoms with E-state index in [1.165, 1.54) is 30.3 Å². The zero-order valence-electron chi connectivity index (χ0n) is 14.5. The van der Waals surface area contributed by atoms with Crippen molar-refractivity contribution in [3.05, 3.63) is 42.0 Å². The van der Waals surface area contributed by atoms with E-state index < -0.39 is 18.7 Å². The molecule has 0 saturated carbocycles. The molecule has 7 nitrogen and oxygen atoms in total. The molecule has 2 aromatic carbocycles. The largest absolute Gasteiger partial charge is 0.573 e. The van der Waals surface area contributed by atoms with Crippen LogP contribution >= 0.6 is 0 Å². The number of guanidine groups is 1. The first kappa shape index (κ1) is 20.3. The van der Waals surface area contributed by atoms with Crippen LogP contribution in [0.25, 0.3) is 0 Å². The SMILES string of the molecule is NC(=NCc1cc2c(cc1OC(F)F)OCO2)Nc1ccccc1OC(F)(F)F. The molecule has 3 rings (SSSR count). The first-order chi connectivity index (χ1) is 13.7. The molecule has 3 N–H and O–H groups in total. The van der Waals surface area contributed by atoms with Crippen molar-refractivity contribution in [2.75, 3.05) is 12.1 Å². The Kier molecular flexibility index (Phi) is 5.80. The van der Waals surface area contributed by atoms with Crippen LogP contribution < -0.4 is 30.0 Å². The summed E-state index contributed by atoms with van der Waals surface area (Å²) in [5.74, 6) is -0.432. The number of anilines is 1. The minimum atomic E-state index is -4.89. The van der Waals surface area contributed by atoms with Gasteiger partial charge in [0.05, 0.1) is 12.2 Å². The summed E-state index contributed by atoms with van der Waals surface area (Å²) in [6, 6.07) is 7.84. The van der Waals surface area contributed by atoms with Crippen LogP contribution in [0.4, 0.5) is 27.6 Å². The standard InChI is InChI=1S/C17H14F5N3O4/c18-15(19)28-12-6-14-13(26-8-27-14)5-9(12)7-24-16(23)25-10-3-1-2-4-11(10)29-17(20,21)22/h1-6,15H,7-8H2,(H3,23,24,25). The van der Waals surface area contributed by atoms with E-state index >= 15 is 0 Å². The number of aliphatic imine (C=N–C) groups is 1. The monoisotopic (exact) mass is 419 g/mol. The Hall–Kier alpha value is -3.44. The van der Waals surface area contributed by atoms with Gasteiger partial charge in [0, 0.05) is 11.6 Å². The van der Waals surface area contributed by atoms with E-state index in [2.05, 4.69) is 19.8 Å². The summed E-state index contributed by atoms with van der Waals surface area (Å²) in [6.07, 6.45) is -4.89. The van der Waals surface area contributed by atoms with Crippen molar-refractivity contribution in [3.63, 3.8) is 0 Å². The second-order valence-corrected chi connectivity index (χ2v) is 5.56. The molecule has 0 radical (unpaired) electrons. The number of ether oxygens (including phenoxy) is 4. The van der Waals surface area contributed by atoms with Gasteiger partial charge < -0.3 is 30.0 Å². The molecule has 1 heterocycles. The van der Waals surface area contributed by atoms with Crippen LogP contribution in [0.15, 0.2) is 41.4 Å². The molecule has 0 fully saturated rings. The van der Waals surface area contributed by atoms with Crippen LogP contribution in [-0.2, 0) is 6.54 Å². The molecule has 12 heteroatoms. The van der Waals surface area contributed by atoms with Crippen LogP contribution in [0.2, 0.25) is 0 Å². The number of benzene rings is 2. The predicted octanol–water partition coefficient (Wildman–Crippen LogP) is 3.84. The Morgan fingerprint density at radius 1 is 1.14 bits per heavy atom. The van der Waals surface area contributed by atoms with E-state index in [1.807, 2.05) is 0 Å². The van der Waals surface area contributed by atoms with E-state index in [0.29, 0.717) is 5.75 Å². The number of hydrogen-bond acceptors (Lipinski definition) is 5. The predicted molar refractivity (Wildman–Crippen MR) is 91.3 cm³/mol. The van der Waals surface area contributed by atoms with Crippen molar-refractivity contribution in [1.82, 2.24) is 0 Å². The number of nitrogens with one attached hydrogen (secondary N) is 1. The van der Waals surface area contributed by atoms with E-state index in [-0.39, 0.29) is 42.0 Å². The van der Waals surface area contributed by atoms with Gasteiger partial charge in [0.25, 0.3) is 0 Å². The van der Waals surface area contributed by atoms with Gasteiger partial charge in [0.1, 0.15) is 5.75 Å². The topological polar surface area (TPSA) is 87.3 Å². The quantitative estimate of drug-likeness (QED) is 0.420. The van der Waals surface area contributed by atoms with Gasteiger partial charge in [-0.25, -0.2) is 4.99 Å². The highest BCUT2D eigenvalue weighted by atomic mass is 19.4. The number of alkyl halides is 5. The van der Waals surface area contributed by atoms with Crippen LogP contribution in [0, 0.1) is 0 Å². The minimum Gasteiger partial charge on any atom is -0.454 e. The Bertz CT molecular complexity index is 905. The van der Waals surface area contributed by atoms with Gasteiger partial charge in [-0.15, -0.1) is 13.2 Å². The molecule has 0 amide bonds. The third-order valence-electron chi connectivity index (χ3n) is 3.57. The summed E-state index contributed by atoms with van der Waals surface area (Å²) in [7, 11) is 0. The van der Waals surface area contributed by atoms with E-state index in [9.17, 15) is 22.0 Å². The number of para-hydroxylation sites is 2. The molecular weight excluding hydrogens is 405 g/mol. The summed E-state index contributed by atoms with van der Waals surface area (Å²) < 4.78 is 81.4. The lowest BCUT2D eigenvalue weighted by Gasteiger charge is -2.14. The molecule has 0 aromatic heterocycles. The summed E-state index contributed by atoms with van der Waals surface area (Å²) in [6.45, 7) is -3.38. The van der Waals surface area contributed by atoms with Gasteiger partial charge in [-0.2, -0.15) is 8.78 Å². The minimum absolute atomic E-state index is 0.0736. The molecule has 1 aliphatic heterocycles. The lowest BCUT2D eigenvalue weighted by Crippen LogP contribution is -2.24. The van der Waals surface area contributed by atoms with Gasteiger partial charge in [-0.05, 0) is 18.2 Å². The van der Waals surface area contributed by atoms with Crippen molar-refractivity contribution in [1.29, 1.82) is 0 Å². The highest BCUT2D eigenvalue weighted by Crippen LogP contribution is 2.39. The molecule has 0 saturated heterocycles. The number of fused-ring (bicyclic) bond motifs is 1. The molecule has 0 bridgehead atoms. The third-order valence-corrected chi connectivity index (χ3v) is 3.57. The van der Waals surface area contributed by atoms with Gasteiger partial charge in [-0.1, -0.05) is 12.1 Å². The smallest absolute Gasteiger partial charge is 0.454 e. The zero-order chi connectivity index (χ0) is 21.0. The average molecular weight is 419 g/mol. The summed E-state index contributed by atoms with van der Waals surface area (Å²) >= 11 is 0. The molecule has 0 atom stereocenters. The van der Waals surface area contributed by atoms with Crippen molar-refractivity contribution >= 4 is 11.6 Å². The average Bonchev–Trinajstić information content (AvgIpc) is 3.07. The first-order valence-corrected chi connectivity index (χ1v) is 8.00. The lowest BCUT2D eigenvalue weighted by molar-refractivity contribution is -0.274. The Balaban J connectivity index is 1.77. The molecule has 156 valence electrons. The fourth-order valence-corrected chi connectivity index (χ4v) is 2.43. The molecule has 2 aromatic rings. The normalized spacial score (nSPS) is 13.5. The van der Waals surface area contributed by atoms with Crippen LogP contribution in [-0.4, -0.2) is 25.7 Å². The summed E-state index contributed by atoms with van der Waals surface area (Å²) in [4.78, 5) is 3.95. The van der Waals surface area contributed by atoms with Crippen LogP contribution in [0.5, 0.6) is 23.0 Å². The second kappa shape index (κ2) is 8.29. The number of halogens is 5. The molecular formula is C17H14F5N3O4. The van der Waals surface area contributed by atoms with Crippen molar-refractivity contribution in [2.24, 2.45) is 10.7 Å². The lowest BCUT2D eigenvalue weighted by atomic mass is 10.1. The van der Waals surface area contributed by atoms with Crippen molar-refractivity contribution < 1.29 is 40.9 Å². The van der Waals surface area contributed by atoms with E-state index in [0.717, 1.165) is 6.07 Å². The van der Waals surface area contributed by atoms with Crippen LogP contribution in [0.3, 0.4) is 0 Å². The van der Waals surface area contributed by atoms with E-state index in [4.69, 9.17) is 15.2 Å². The maximum absolute atomic E-state index is 12.6. The maximum atomic E-state index is 12.6. The van der Waals surface area contributed by atoms with Gasteiger partial charge in [0.2, 0.25) is 6.79 Å². The summed E-state index contributed by atoms with van der Waals surface area (Å²) in [5, 5.41) is 2.47. The molecule has 0 unspecified atom stereocenters. The fraction of sp³-hybridized carbons (Fsp3) is 0.235. The Morgan fingerprint density at radius 3 is 2.52 bits per heavy atom. The number of rotatable bonds is 6. The Morgan fingerprint density at radius 2 is 1.83 bits per heavy atom. The Labute approximate surface area is 160 Å². The van der Waals surface area contributed by atoms with Gasteiger partial charge in [0.15, 0.2) is 23.2 Å². The summed E-state index contributed by atoms with van der Waals surface area (Å²) in [5.41, 5.74) is 5.83. The highest BCUT2D eigenvalue weighted by Gasteiger charge is 2.32. The number of hydrogen-bond donors (Lipinski definition) is 2.